The first kappa shape index (κ1) is 13.8. The zero-order valence-corrected chi connectivity index (χ0v) is 11.2. The molecule has 0 saturated heterocycles. The molecule has 0 aliphatic heterocycles. The largest absolute Gasteiger partial charge is 0.299 e. The van der Waals surface area contributed by atoms with Crippen LogP contribution in [0.4, 0.5) is 4.39 Å². The van der Waals surface area contributed by atoms with Crippen LogP contribution in [0.1, 0.15) is 17.5 Å². The minimum absolute atomic E-state index is 0.0185. The van der Waals surface area contributed by atoms with Crippen molar-refractivity contribution >= 4 is 17.4 Å². The Bertz CT molecular complexity index is 566. The molecule has 0 saturated carbocycles. The molecule has 0 heterocycles. The van der Waals surface area contributed by atoms with E-state index in [0.717, 1.165) is 5.56 Å². The Balaban J connectivity index is 1.93. The van der Waals surface area contributed by atoms with Crippen LogP contribution in [0.25, 0.3) is 0 Å². The van der Waals surface area contributed by atoms with Crippen molar-refractivity contribution in [1.29, 1.82) is 0 Å². The SMILES string of the molecule is O=C(CCc1ccccc1)Cc1cc(Cl)ccc1F. The van der Waals surface area contributed by atoms with Gasteiger partial charge in [0.25, 0.3) is 0 Å². The van der Waals surface area contributed by atoms with E-state index in [1.807, 2.05) is 30.3 Å². The van der Waals surface area contributed by atoms with Crippen molar-refractivity contribution in [1.82, 2.24) is 0 Å². The molecule has 98 valence electrons. The van der Waals surface area contributed by atoms with Crippen molar-refractivity contribution in [2.75, 3.05) is 0 Å². The Morgan fingerprint density at radius 3 is 2.58 bits per heavy atom. The van der Waals surface area contributed by atoms with Crippen LogP contribution in [-0.2, 0) is 17.6 Å². The standard InChI is InChI=1S/C16H14ClFO/c17-14-7-9-16(18)13(10-14)11-15(19)8-6-12-4-2-1-3-5-12/h1-5,7,9-10H,6,8,11H2. The predicted molar refractivity (Wildman–Crippen MR) is 74.9 cm³/mol. The minimum atomic E-state index is -0.377. The summed E-state index contributed by atoms with van der Waals surface area (Å²) in [5, 5.41) is 0.451. The Kier molecular flexibility index (Phi) is 4.69. The molecule has 0 fully saturated rings. The van der Waals surface area contributed by atoms with Crippen LogP contribution in [0, 0.1) is 5.82 Å². The lowest BCUT2D eigenvalue weighted by molar-refractivity contribution is -0.118. The molecule has 0 atom stereocenters. The second kappa shape index (κ2) is 6.48. The third-order valence-electron chi connectivity index (χ3n) is 2.93. The fraction of sp³-hybridized carbons (Fsp3) is 0.188. The van der Waals surface area contributed by atoms with Gasteiger partial charge < -0.3 is 0 Å². The van der Waals surface area contributed by atoms with Crippen LogP contribution in [0.5, 0.6) is 0 Å². The summed E-state index contributed by atoms with van der Waals surface area (Å²) in [4.78, 5) is 11.8. The Morgan fingerprint density at radius 2 is 1.84 bits per heavy atom. The number of ketones is 1. The summed E-state index contributed by atoms with van der Waals surface area (Å²) in [6.07, 6.45) is 1.19. The fourth-order valence-corrected chi connectivity index (χ4v) is 2.10. The summed E-state index contributed by atoms with van der Waals surface area (Å²) in [5.41, 5.74) is 1.48. The maximum atomic E-state index is 13.5. The first-order chi connectivity index (χ1) is 9.15. The quantitative estimate of drug-likeness (QED) is 0.799. The topological polar surface area (TPSA) is 17.1 Å². The number of hydrogen-bond donors (Lipinski definition) is 0. The Hall–Kier alpha value is -1.67. The number of benzene rings is 2. The van der Waals surface area contributed by atoms with E-state index in [1.165, 1.54) is 18.2 Å². The lowest BCUT2D eigenvalue weighted by atomic mass is 10.0. The molecule has 0 unspecified atom stereocenters. The van der Waals surface area contributed by atoms with Gasteiger partial charge in [-0.05, 0) is 35.7 Å². The first-order valence-corrected chi connectivity index (χ1v) is 6.52. The predicted octanol–water partition coefficient (Wildman–Crippen LogP) is 4.22. The number of rotatable bonds is 5. The lowest BCUT2D eigenvalue weighted by Gasteiger charge is -2.04. The lowest BCUT2D eigenvalue weighted by Crippen LogP contribution is -2.06. The third kappa shape index (κ3) is 4.18. The maximum absolute atomic E-state index is 13.5. The molecule has 2 aromatic carbocycles. The van der Waals surface area contributed by atoms with E-state index in [0.29, 0.717) is 23.4 Å². The van der Waals surface area contributed by atoms with Gasteiger partial charge in [-0.2, -0.15) is 0 Å². The van der Waals surface area contributed by atoms with Crippen molar-refractivity contribution in [3.63, 3.8) is 0 Å². The van der Waals surface area contributed by atoms with Crippen LogP contribution < -0.4 is 0 Å². The molecule has 0 amide bonds. The summed E-state index contributed by atoms with van der Waals surface area (Å²) in [7, 11) is 0. The van der Waals surface area contributed by atoms with Crippen LogP contribution >= 0.6 is 11.6 Å². The van der Waals surface area contributed by atoms with E-state index in [9.17, 15) is 9.18 Å². The van der Waals surface area contributed by atoms with Crippen LogP contribution in [-0.4, -0.2) is 5.78 Å². The van der Waals surface area contributed by atoms with E-state index in [1.54, 1.807) is 0 Å². The molecule has 3 heteroatoms. The molecule has 1 nitrogen and oxygen atoms in total. The normalized spacial score (nSPS) is 10.4. The van der Waals surface area contributed by atoms with Crippen LogP contribution in [0.3, 0.4) is 0 Å². The van der Waals surface area contributed by atoms with E-state index < -0.39 is 0 Å². The number of carbonyl (C=O) groups is 1. The molecule has 0 aromatic heterocycles. The van der Waals surface area contributed by atoms with E-state index in [2.05, 4.69) is 0 Å². The zero-order valence-electron chi connectivity index (χ0n) is 10.4. The van der Waals surface area contributed by atoms with Crippen molar-refractivity contribution in [2.24, 2.45) is 0 Å². The molecule has 0 spiro atoms. The van der Waals surface area contributed by atoms with Gasteiger partial charge in [-0.3, -0.25) is 4.79 Å². The van der Waals surface area contributed by atoms with Gasteiger partial charge in [0, 0.05) is 17.9 Å². The molecule has 0 N–H and O–H groups in total. The monoisotopic (exact) mass is 276 g/mol. The van der Waals surface area contributed by atoms with Crippen LogP contribution in [0.2, 0.25) is 5.02 Å². The number of Topliss-reactive ketones (excluding diaryl/α,β-unsaturated/α-hetero) is 1. The maximum Gasteiger partial charge on any atom is 0.137 e. The van der Waals surface area contributed by atoms with Gasteiger partial charge in [0.15, 0.2) is 0 Å². The smallest absolute Gasteiger partial charge is 0.137 e. The number of halogens is 2. The zero-order chi connectivity index (χ0) is 13.7. The average Bonchev–Trinajstić information content (AvgIpc) is 2.42. The van der Waals surface area contributed by atoms with Gasteiger partial charge in [0.2, 0.25) is 0 Å². The van der Waals surface area contributed by atoms with Crippen molar-refractivity contribution < 1.29 is 9.18 Å². The molecule has 0 aliphatic rings. The van der Waals surface area contributed by atoms with Crippen molar-refractivity contribution in [3.8, 4) is 0 Å². The van der Waals surface area contributed by atoms with Gasteiger partial charge >= 0.3 is 0 Å². The first-order valence-electron chi connectivity index (χ1n) is 6.15. The van der Waals surface area contributed by atoms with E-state index >= 15 is 0 Å². The van der Waals surface area contributed by atoms with Crippen LogP contribution in [0.15, 0.2) is 48.5 Å². The minimum Gasteiger partial charge on any atom is -0.299 e. The summed E-state index contributed by atoms with van der Waals surface area (Å²) in [6, 6.07) is 14.1. The highest BCUT2D eigenvalue weighted by Gasteiger charge is 2.09. The Morgan fingerprint density at radius 1 is 1.11 bits per heavy atom. The molecule has 0 radical (unpaired) electrons. The summed E-state index contributed by atoms with van der Waals surface area (Å²) in [5.74, 6) is -0.359. The highest BCUT2D eigenvalue weighted by molar-refractivity contribution is 6.30. The molecular weight excluding hydrogens is 263 g/mol. The summed E-state index contributed by atoms with van der Waals surface area (Å²) in [6.45, 7) is 0. The van der Waals surface area contributed by atoms with Crippen molar-refractivity contribution in [2.45, 2.75) is 19.3 Å². The van der Waals surface area contributed by atoms with E-state index in [4.69, 9.17) is 11.6 Å². The number of carbonyl (C=O) groups excluding carboxylic acids is 1. The molecule has 19 heavy (non-hydrogen) atoms. The van der Waals surface area contributed by atoms with Gasteiger partial charge in [0.05, 0.1) is 0 Å². The van der Waals surface area contributed by atoms with Gasteiger partial charge in [-0.15, -0.1) is 0 Å². The highest BCUT2D eigenvalue weighted by atomic mass is 35.5. The molecular formula is C16H14ClFO. The second-order valence-electron chi connectivity index (χ2n) is 4.44. The Labute approximate surface area is 117 Å². The van der Waals surface area contributed by atoms with Gasteiger partial charge in [-0.1, -0.05) is 41.9 Å². The van der Waals surface area contributed by atoms with Gasteiger partial charge in [-0.25, -0.2) is 4.39 Å². The summed E-state index contributed by atoms with van der Waals surface area (Å²) >= 11 is 5.80. The van der Waals surface area contributed by atoms with E-state index in [-0.39, 0.29) is 18.0 Å². The second-order valence-corrected chi connectivity index (χ2v) is 4.87. The van der Waals surface area contributed by atoms with Crippen molar-refractivity contribution in [3.05, 3.63) is 70.5 Å². The number of hydrogen-bond acceptors (Lipinski definition) is 1. The third-order valence-corrected chi connectivity index (χ3v) is 3.17. The van der Waals surface area contributed by atoms with Gasteiger partial charge in [0.1, 0.15) is 11.6 Å². The molecule has 0 bridgehead atoms. The fourth-order valence-electron chi connectivity index (χ4n) is 1.91. The molecule has 0 aliphatic carbocycles. The average molecular weight is 277 g/mol. The highest BCUT2D eigenvalue weighted by Crippen LogP contribution is 2.16. The number of aryl methyl sites for hydroxylation is 1. The molecule has 2 aromatic rings. The molecule has 2 rings (SSSR count). The summed E-state index contributed by atoms with van der Waals surface area (Å²) < 4.78 is 13.5.